The minimum absolute atomic E-state index is 0.620. The van der Waals surface area contributed by atoms with Gasteiger partial charge in [-0.2, -0.15) is 0 Å². The monoisotopic (exact) mass is 222 g/mol. The van der Waals surface area contributed by atoms with Crippen molar-refractivity contribution < 1.29 is 4.74 Å². The molecule has 0 aliphatic carbocycles. The van der Waals surface area contributed by atoms with Crippen molar-refractivity contribution in [2.45, 2.75) is 32.4 Å². The Morgan fingerprint density at radius 1 is 1.50 bits per heavy atom. The molecule has 3 heterocycles. The van der Waals surface area contributed by atoms with Gasteiger partial charge in [0.25, 0.3) is 0 Å². The first-order valence-corrected chi connectivity index (χ1v) is 6.13. The van der Waals surface area contributed by atoms with E-state index in [2.05, 4.69) is 20.3 Å². The highest BCUT2D eigenvalue weighted by atomic mass is 16.5. The van der Waals surface area contributed by atoms with Crippen molar-refractivity contribution in [3.8, 4) is 0 Å². The minimum atomic E-state index is 0.620. The number of nitrogens with zero attached hydrogens (tertiary/aromatic N) is 3. The number of nitrogens with one attached hydrogen (secondary N) is 1. The molecule has 88 valence electrons. The van der Waals surface area contributed by atoms with Crippen molar-refractivity contribution in [3.63, 3.8) is 0 Å². The third-order valence-corrected chi connectivity index (χ3v) is 3.43. The van der Waals surface area contributed by atoms with Crippen LogP contribution in [0, 0.1) is 5.92 Å². The predicted octanol–water partition coefficient (Wildman–Crippen LogP) is 0.350. The molecule has 3 rings (SSSR count). The van der Waals surface area contributed by atoms with Gasteiger partial charge in [-0.1, -0.05) is 5.21 Å². The van der Waals surface area contributed by atoms with Gasteiger partial charge in [-0.15, -0.1) is 5.10 Å². The Hall–Kier alpha value is -0.940. The average Bonchev–Trinajstić information content (AvgIpc) is 2.74. The van der Waals surface area contributed by atoms with E-state index in [4.69, 9.17) is 4.74 Å². The van der Waals surface area contributed by atoms with E-state index in [0.717, 1.165) is 45.0 Å². The van der Waals surface area contributed by atoms with E-state index in [1.54, 1.807) is 0 Å². The van der Waals surface area contributed by atoms with Crippen LogP contribution in [0.25, 0.3) is 0 Å². The van der Waals surface area contributed by atoms with E-state index in [1.165, 1.54) is 18.5 Å². The summed E-state index contributed by atoms with van der Waals surface area (Å²) in [5, 5.41) is 11.8. The fraction of sp³-hybridized carbons (Fsp3) is 0.818. The quantitative estimate of drug-likeness (QED) is 0.784. The van der Waals surface area contributed by atoms with Gasteiger partial charge in [0.05, 0.1) is 18.0 Å². The molecule has 1 N–H and O–H groups in total. The van der Waals surface area contributed by atoms with Crippen molar-refractivity contribution in [3.05, 3.63) is 11.4 Å². The molecule has 1 aromatic heterocycles. The summed E-state index contributed by atoms with van der Waals surface area (Å²) in [6.45, 7) is 4.70. The van der Waals surface area contributed by atoms with Gasteiger partial charge in [0.15, 0.2) is 0 Å². The molecule has 0 aromatic carbocycles. The summed E-state index contributed by atoms with van der Waals surface area (Å²) < 4.78 is 7.59. The highest BCUT2D eigenvalue weighted by molar-refractivity contribution is 5.13. The summed E-state index contributed by atoms with van der Waals surface area (Å²) in [4.78, 5) is 0. The molecule has 1 fully saturated rings. The highest BCUT2D eigenvalue weighted by Crippen LogP contribution is 2.18. The van der Waals surface area contributed by atoms with Crippen molar-refractivity contribution in [2.75, 3.05) is 19.8 Å². The van der Waals surface area contributed by atoms with Crippen LogP contribution in [0.1, 0.15) is 24.2 Å². The fourth-order valence-electron chi connectivity index (χ4n) is 2.54. The Kier molecular flexibility index (Phi) is 2.88. The van der Waals surface area contributed by atoms with Crippen molar-refractivity contribution in [2.24, 2.45) is 5.92 Å². The number of hydrogen-bond donors (Lipinski definition) is 1. The molecule has 5 nitrogen and oxygen atoms in total. The lowest BCUT2D eigenvalue weighted by atomic mass is 10.0. The molecule has 1 saturated heterocycles. The van der Waals surface area contributed by atoms with E-state index in [1.807, 2.05) is 0 Å². The zero-order valence-electron chi connectivity index (χ0n) is 9.48. The number of aromatic nitrogens is 3. The Bertz CT molecular complexity index is 357. The van der Waals surface area contributed by atoms with Gasteiger partial charge in [-0.05, 0) is 12.8 Å². The molecule has 1 aromatic rings. The van der Waals surface area contributed by atoms with E-state index >= 15 is 0 Å². The lowest BCUT2D eigenvalue weighted by molar-refractivity contribution is 0.0464. The van der Waals surface area contributed by atoms with E-state index in [0.29, 0.717) is 5.92 Å². The van der Waals surface area contributed by atoms with E-state index in [-0.39, 0.29) is 0 Å². The highest BCUT2D eigenvalue weighted by Gasteiger charge is 2.20. The van der Waals surface area contributed by atoms with Gasteiger partial charge in [-0.3, -0.25) is 0 Å². The first-order valence-electron chi connectivity index (χ1n) is 6.13. The van der Waals surface area contributed by atoms with Gasteiger partial charge in [0, 0.05) is 38.6 Å². The third-order valence-electron chi connectivity index (χ3n) is 3.43. The molecule has 5 heteroatoms. The summed E-state index contributed by atoms with van der Waals surface area (Å²) in [5.74, 6) is 0.620. The SMILES string of the molecule is C1COCC(Cn2nnc3c2CCNC3)C1. The van der Waals surface area contributed by atoms with E-state index in [9.17, 15) is 0 Å². The molecule has 16 heavy (non-hydrogen) atoms. The second kappa shape index (κ2) is 4.51. The molecule has 2 aliphatic rings. The van der Waals surface area contributed by atoms with Crippen LogP contribution in [-0.4, -0.2) is 34.8 Å². The average molecular weight is 222 g/mol. The summed E-state index contributed by atoms with van der Waals surface area (Å²) in [5.41, 5.74) is 2.45. The Balaban J connectivity index is 1.71. The maximum atomic E-state index is 5.50. The first kappa shape index (κ1) is 10.2. The van der Waals surface area contributed by atoms with Crippen molar-refractivity contribution in [1.29, 1.82) is 0 Å². The maximum absolute atomic E-state index is 5.50. The molecule has 1 unspecified atom stereocenters. The smallest absolute Gasteiger partial charge is 0.0997 e. The summed E-state index contributed by atoms with van der Waals surface area (Å²) in [6.07, 6.45) is 3.49. The molecule has 2 aliphatic heterocycles. The second-order valence-electron chi connectivity index (χ2n) is 4.67. The second-order valence-corrected chi connectivity index (χ2v) is 4.67. The third kappa shape index (κ3) is 1.97. The maximum Gasteiger partial charge on any atom is 0.0997 e. The fourth-order valence-corrected chi connectivity index (χ4v) is 2.54. The number of rotatable bonds is 2. The lowest BCUT2D eigenvalue weighted by Crippen LogP contribution is -2.27. The van der Waals surface area contributed by atoms with Crippen LogP contribution in [0.2, 0.25) is 0 Å². The standard InChI is InChI=1S/C11H18N4O/c1-2-9(8-16-5-1)7-15-11-3-4-12-6-10(11)13-14-15/h9,12H,1-8H2. The van der Waals surface area contributed by atoms with Gasteiger partial charge in [0.2, 0.25) is 0 Å². The molecule has 0 bridgehead atoms. The van der Waals surface area contributed by atoms with Crippen LogP contribution >= 0.6 is 0 Å². The molecular formula is C11H18N4O. The normalized spacial score (nSPS) is 25.4. The molecule has 0 amide bonds. The molecule has 0 saturated carbocycles. The minimum Gasteiger partial charge on any atom is -0.381 e. The van der Waals surface area contributed by atoms with Crippen LogP contribution in [0.15, 0.2) is 0 Å². The van der Waals surface area contributed by atoms with Crippen molar-refractivity contribution in [1.82, 2.24) is 20.3 Å². The first-order chi connectivity index (χ1) is 7.93. The number of hydrogen-bond acceptors (Lipinski definition) is 4. The largest absolute Gasteiger partial charge is 0.381 e. The lowest BCUT2D eigenvalue weighted by Gasteiger charge is -2.23. The van der Waals surface area contributed by atoms with Crippen LogP contribution in [0.3, 0.4) is 0 Å². The van der Waals surface area contributed by atoms with Crippen LogP contribution in [-0.2, 0) is 24.2 Å². The molecule has 1 atom stereocenters. The molecular weight excluding hydrogens is 204 g/mol. The van der Waals surface area contributed by atoms with Crippen LogP contribution in [0.4, 0.5) is 0 Å². The van der Waals surface area contributed by atoms with Crippen LogP contribution in [0.5, 0.6) is 0 Å². The van der Waals surface area contributed by atoms with E-state index < -0.39 is 0 Å². The van der Waals surface area contributed by atoms with Gasteiger partial charge in [0.1, 0.15) is 0 Å². The summed E-state index contributed by atoms with van der Waals surface area (Å²) in [6, 6.07) is 0. The summed E-state index contributed by atoms with van der Waals surface area (Å²) >= 11 is 0. The zero-order valence-corrected chi connectivity index (χ0v) is 9.48. The Morgan fingerprint density at radius 3 is 3.38 bits per heavy atom. The Morgan fingerprint density at radius 2 is 2.50 bits per heavy atom. The zero-order chi connectivity index (χ0) is 10.8. The predicted molar refractivity (Wildman–Crippen MR) is 59.0 cm³/mol. The summed E-state index contributed by atoms with van der Waals surface area (Å²) in [7, 11) is 0. The van der Waals surface area contributed by atoms with Gasteiger partial charge >= 0.3 is 0 Å². The number of ether oxygens (including phenoxy) is 1. The van der Waals surface area contributed by atoms with Gasteiger partial charge < -0.3 is 10.1 Å². The van der Waals surface area contributed by atoms with Crippen LogP contribution < -0.4 is 5.32 Å². The topological polar surface area (TPSA) is 52.0 Å². The molecule has 0 radical (unpaired) electrons. The van der Waals surface area contributed by atoms with Gasteiger partial charge in [-0.25, -0.2) is 4.68 Å². The number of fused-ring (bicyclic) bond motifs is 1. The molecule has 0 spiro atoms. The Labute approximate surface area is 95.2 Å². The van der Waals surface area contributed by atoms with Crippen molar-refractivity contribution >= 4 is 0 Å².